The van der Waals surface area contributed by atoms with Gasteiger partial charge in [0.15, 0.2) is 0 Å². The van der Waals surface area contributed by atoms with Crippen molar-refractivity contribution in [3.8, 4) is 0 Å². The van der Waals surface area contributed by atoms with Crippen LogP contribution in [0.2, 0.25) is 0 Å². The summed E-state index contributed by atoms with van der Waals surface area (Å²) in [5.74, 6) is -1.17. The molecule has 23 heavy (non-hydrogen) atoms. The molecule has 132 valence electrons. The van der Waals surface area contributed by atoms with Crippen molar-refractivity contribution < 1.29 is 33.7 Å². The fraction of sp³-hybridized carbons (Fsp3) is 0.438. The molecule has 0 saturated carbocycles. The number of rotatable bonds is 7. The maximum atomic E-state index is 10.4. The Hall–Kier alpha value is -2.41. The van der Waals surface area contributed by atoms with Gasteiger partial charge in [-0.3, -0.25) is 0 Å². The molecule has 0 rings (SSSR count). The molecule has 0 atom stereocenters. The van der Waals surface area contributed by atoms with Gasteiger partial charge in [0.2, 0.25) is 0 Å². The third kappa shape index (κ3) is 24.9. The number of hydrogen-bond donors (Lipinski definition) is 1. The van der Waals surface area contributed by atoms with Crippen LogP contribution >= 0.6 is 0 Å². The molecule has 7 heteroatoms. The van der Waals surface area contributed by atoms with Gasteiger partial charge in [-0.05, 0) is 20.8 Å². The molecule has 0 heterocycles. The number of carbonyl (C=O) groups is 3. The highest BCUT2D eigenvalue weighted by Gasteiger charge is 1.98. The zero-order chi connectivity index (χ0) is 18.7. The molecule has 0 aromatic heterocycles. The zero-order valence-electron chi connectivity index (χ0n) is 14.0. The molecule has 0 aliphatic carbocycles. The minimum atomic E-state index is -0.501. The first-order valence-corrected chi connectivity index (χ1v) is 6.82. The van der Waals surface area contributed by atoms with Crippen molar-refractivity contribution in [2.75, 3.05) is 26.4 Å². The van der Waals surface area contributed by atoms with E-state index in [4.69, 9.17) is 5.11 Å². The van der Waals surface area contributed by atoms with Crippen molar-refractivity contribution in [1.82, 2.24) is 0 Å². The van der Waals surface area contributed by atoms with Crippen molar-refractivity contribution in [3.05, 3.63) is 37.5 Å². The highest BCUT2D eigenvalue weighted by atomic mass is 16.5. The Bertz CT molecular complexity index is 384. The molecule has 0 unspecified atom stereocenters. The summed E-state index contributed by atoms with van der Waals surface area (Å²) in [6.45, 7) is 15.7. The summed E-state index contributed by atoms with van der Waals surface area (Å²) in [7, 11) is 0. The van der Waals surface area contributed by atoms with Gasteiger partial charge in [-0.25, -0.2) is 14.4 Å². The average molecular weight is 330 g/mol. The maximum absolute atomic E-state index is 10.4. The van der Waals surface area contributed by atoms with Crippen molar-refractivity contribution in [2.45, 2.75) is 20.8 Å². The molecule has 7 nitrogen and oxygen atoms in total. The third-order valence-electron chi connectivity index (χ3n) is 1.58. The van der Waals surface area contributed by atoms with E-state index in [9.17, 15) is 14.4 Å². The fourth-order valence-electron chi connectivity index (χ4n) is 0.661. The maximum Gasteiger partial charge on any atom is 0.333 e. The molecule has 0 fully saturated rings. The standard InChI is InChI=1S/C6H10O2.C5H8O3.C5H8O2/c1-4-8-6(7)5(2)3;1-2-5(7)8-4-3-6;1-3-5(6)7-4-2/h2,4H2,1,3H3;2,6H,1,3-4H2;3H,1,4H2,2H3. The molecule has 0 aliphatic rings. The van der Waals surface area contributed by atoms with E-state index in [1.165, 1.54) is 0 Å². The van der Waals surface area contributed by atoms with E-state index in [-0.39, 0.29) is 25.2 Å². The molecule has 0 bridgehead atoms. The normalized spacial score (nSPS) is 8.00. The van der Waals surface area contributed by atoms with Gasteiger partial charge in [0.05, 0.1) is 19.8 Å². The molecular weight excluding hydrogens is 304 g/mol. The first-order chi connectivity index (χ1) is 10.8. The van der Waals surface area contributed by atoms with E-state index in [0.717, 1.165) is 12.2 Å². The second kappa shape index (κ2) is 19.6. The van der Waals surface area contributed by atoms with Crippen LogP contribution < -0.4 is 0 Å². The van der Waals surface area contributed by atoms with E-state index in [1.54, 1.807) is 20.8 Å². The zero-order valence-corrected chi connectivity index (χ0v) is 14.0. The Kier molecular flexibility index (Phi) is 21.8. The van der Waals surface area contributed by atoms with Gasteiger partial charge in [-0.15, -0.1) is 0 Å². The van der Waals surface area contributed by atoms with Gasteiger partial charge in [-0.2, -0.15) is 0 Å². The summed E-state index contributed by atoms with van der Waals surface area (Å²) < 4.78 is 13.3. The van der Waals surface area contributed by atoms with Gasteiger partial charge in [0.1, 0.15) is 6.61 Å². The molecule has 0 amide bonds. The lowest BCUT2D eigenvalue weighted by atomic mass is 10.4. The third-order valence-corrected chi connectivity index (χ3v) is 1.58. The van der Waals surface area contributed by atoms with E-state index >= 15 is 0 Å². The van der Waals surface area contributed by atoms with Gasteiger partial charge >= 0.3 is 17.9 Å². The van der Waals surface area contributed by atoms with Crippen LogP contribution in [0.5, 0.6) is 0 Å². The summed E-state index contributed by atoms with van der Waals surface area (Å²) in [6, 6.07) is 0. The lowest BCUT2D eigenvalue weighted by Gasteiger charge is -1.96. The molecule has 0 aromatic carbocycles. The van der Waals surface area contributed by atoms with Crippen molar-refractivity contribution >= 4 is 17.9 Å². The number of esters is 3. The van der Waals surface area contributed by atoms with Crippen molar-refractivity contribution in [1.29, 1.82) is 0 Å². The van der Waals surface area contributed by atoms with Crippen molar-refractivity contribution in [3.63, 3.8) is 0 Å². The lowest BCUT2D eigenvalue weighted by molar-refractivity contribution is -0.139. The largest absolute Gasteiger partial charge is 0.463 e. The monoisotopic (exact) mass is 330 g/mol. The van der Waals surface area contributed by atoms with Crippen LogP contribution in [0, 0.1) is 0 Å². The second-order valence-electron chi connectivity index (χ2n) is 3.55. The molecule has 0 aromatic rings. The molecule has 0 aliphatic heterocycles. The average Bonchev–Trinajstić information content (AvgIpc) is 2.54. The van der Waals surface area contributed by atoms with E-state index in [0.29, 0.717) is 18.8 Å². The number of carbonyl (C=O) groups excluding carboxylic acids is 3. The van der Waals surface area contributed by atoms with Crippen LogP contribution in [0.25, 0.3) is 0 Å². The highest BCUT2D eigenvalue weighted by molar-refractivity contribution is 5.86. The van der Waals surface area contributed by atoms with Crippen LogP contribution in [0.15, 0.2) is 37.5 Å². The first-order valence-electron chi connectivity index (χ1n) is 6.82. The number of hydrogen-bond acceptors (Lipinski definition) is 7. The summed E-state index contributed by atoms with van der Waals surface area (Å²) >= 11 is 0. The molecule has 0 spiro atoms. The summed E-state index contributed by atoms with van der Waals surface area (Å²) in [5, 5.41) is 8.10. The summed E-state index contributed by atoms with van der Waals surface area (Å²) in [6.07, 6.45) is 2.19. The highest BCUT2D eigenvalue weighted by Crippen LogP contribution is 1.89. The van der Waals surface area contributed by atoms with E-state index in [1.807, 2.05) is 0 Å². The molecular formula is C16H26O7. The van der Waals surface area contributed by atoms with E-state index in [2.05, 4.69) is 33.9 Å². The van der Waals surface area contributed by atoms with Crippen LogP contribution in [-0.2, 0) is 28.6 Å². The van der Waals surface area contributed by atoms with Crippen molar-refractivity contribution in [2.24, 2.45) is 0 Å². The topological polar surface area (TPSA) is 99.1 Å². The fourth-order valence-corrected chi connectivity index (χ4v) is 0.661. The number of aliphatic hydroxyl groups excluding tert-OH is 1. The quantitative estimate of drug-likeness (QED) is 0.430. The van der Waals surface area contributed by atoms with Gasteiger partial charge < -0.3 is 19.3 Å². The van der Waals surface area contributed by atoms with Gasteiger partial charge in [-0.1, -0.05) is 19.7 Å². The Labute approximate surface area is 137 Å². The van der Waals surface area contributed by atoms with Crippen LogP contribution in [-0.4, -0.2) is 49.4 Å². The van der Waals surface area contributed by atoms with Crippen LogP contribution in [0.4, 0.5) is 0 Å². The van der Waals surface area contributed by atoms with E-state index < -0.39 is 5.97 Å². The predicted molar refractivity (Wildman–Crippen MR) is 86.5 cm³/mol. The SMILES string of the molecule is C=C(C)C(=O)OCC.C=CC(=O)OCC.C=CC(=O)OCCO. The Balaban J connectivity index is -0.000000262. The Morgan fingerprint density at radius 2 is 1.39 bits per heavy atom. The van der Waals surface area contributed by atoms with Crippen LogP contribution in [0.1, 0.15) is 20.8 Å². The number of ether oxygens (including phenoxy) is 3. The predicted octanol–water partition coefficient (Wildman–Crippen LogP) is 1.57. The lowest BCUT2D eigenvalue weighted by Crippen LogP contribution is -2.04. The minimum absolute atomic E-state index is 0.0465. The van der Waals surface area contributed by atoms with Gasteiger partial charge in [0.25, 0.3) is 0 Å². The van der Waals surface area contributed by atoms with Gasteiger partial charge in [0, 0.05) is 17.7 Å². The molecule has 0 radical (unpaired) electrons. The summed E-state index contributed by atoms with van der Waals surface area (Å²) in [5.41, 5.74) is 0.451. The number of aliphatic hydroxyl groups is 1. The van der Waals surface area contributed by atoms with Crippen LogP contribution in [0.3, 0.4) is 0 Å². The second-order valence-corrected chi connectivity index (χ2v) is 3.55. The Morgan fingerprint density at radius 3 is 1.61 bits per heavy atom. The smallest absolute Gasteiger partial charge is 0.333 e. The minimum Gasteiger partial charge on any atom is -0.463 e. The summed E-state index contributed by atoms with van der Waals surface area (Å²) in [4.78, 5) is 30.6. The first kappa shape index (κ1) is 25.5. The Morgan fingerprint density at radius 1 is 0.957 bits per heavy atom. The molecule has 1 N–H and O–H groups in total. The molecule has 0 saturated heterocycles.